The number of nitrogens with one attached hydrogen (secondary N) is 2. The zero-order valence-electron chi connectivity index (χ0n) is 14.9. The lowest BCUT2D eigenvalue weighted by Gasteiger charge is -2.07. The van der Waals surface area contributed by atoms with E-state index in [9.17, 15) is 9.59 Å². The first-order valence-corrected chi connectivity index (χ1v) is 10.1. The number of carbonyl (C=O) groups is 2. The Hall–Kier alpha value is -2.52. The fourth-order valence-corrected chi connectivity index (χ4v) is 3.68. The number of ketones is 1. The Balaban J connectivity index is 1.63. The second-order valence-electron chi connectivity index (χ2n) is 5.68. The monoisotopic (exact) mass is 465 g/mol. The van der Waals surface area contributed by atoms with E-state index in [2.05, 4.69) is 15.6 Å². The van der Waals surface area contributed by atoms with Crippen LogP contribution in [0, 0.1) is 6.92 Å². The molecule has 2 heterocycles. The number of anilines is 1. The lowest BCUT2D eigenvalue weighted by molar-refractivity contribution is 0.0977. The lowest BCUT2D eigenvalue weighted by Crippen LogP contribution is -2.34. The van der Waals surface area contributed by atoms with E-state index >= 15 is 0 Å². The highest BCUT2D eigenvalue weighted by Crippen LogP contribution is 2.24. The average molecular weight is 466 g/mol. The van der Waals surface area contributed by atoms with E-state index in [1.165, 1.54) is 30.5 Å². The average Bonchev–Trinajstić information content (AvgIpc) is 3.31. The fraction of sp³-hybridized carbons (Fsp3) is 0.0526. The molecule has 3 aromatic rings. The lowest BCUT2D eigenvalue weighted by atomic mass is 10.2. The molecule has 1 amide bonds. The summed E-state index contributed by atoms with van der Waals surface area (Å²) in [5.41, 5.74) is 0.850. The van der Waals surface area contributed by atoms with Crippen LogP contribution in [-0.2, 0) is 0 Å². The van der Waals surface area contributed by atoms with Crippen molar-refractivity contribution in [3.63, 3.8) is 0 Å². The number of thiocarbonyl (C=S) groups is 1. The summed E-state index contributed by atoms with van der Waals surface area (Å²) in [6, 6.07) is 7.97. The second kappa shape index (κ2) is 9.32. The number of allylic oxidation sites excluding steroid dienone is 1. The number of benzene rings is 1. The van der Waals surface area contributed by atoms with Crippen LogP contribution in [0.1, 0.15) is 31.5 Å². The molecular formula is C19H13Cl2N3O3S2. The Labute approximate surface area is 185 Å². The van der Waals surface area contributed by atoms with Crippen LogP contribution in [0.4, 0.5) is 5.13 Å². The summed E-state index contributed by atoms with van der Waals surface area (Å²) in [7, 11) is 0. The minimum Gasteiger partial charge on any atom is -0.465 e. The van der Waals surface area contributed by atoms with Crippen molar-refractivity contribution in [3.8, 4) is 0 Å². The number of nitrogens with zero attached hydrogens (tertiary/aromatic N) is 1. The van der Waals surface area contributed by atoms with Crippen molar-refractivity contribution in [2.45, 2.75) is 6.92 Å². The molecule has 148 valence electrons. The maximum atomic E-state index is 12.4. The van der Waals surface area contributed by atoms with E-state index in [-0.39, 0.29) is 15.9 Å². The summed E-state index contributed by atoms with van der Waals surface area (Å²) in [5, 5.41) is 6.37. The highest BCUT2D eigenvalue weighted by molar-refractivity contribution is 7.80. The predicted octanol–water partition coefficient (Wildman–Crippen LogP) is 5.37. The summed E-state index contributed by atoms with van der Waals surface area (Å²) in [6.07, 6.45) is 4.52. The zero-order chi connectivity index (χ0) is 21.0. The largest absolute Gasteiger partial charge is 0.465 e. The van der Waals surface area contributed by atoms with Gasteiger partial charge in [0.05, 0.1) is 26.9 Å². The maximum absolute atomic E-state index is 12.4. The van der Waals surface area contributed by atoms with Crippen molar-refractivity contribution < 1.29 is 14.0 Å². The van der Waals surface area contributed by atoms with Crippen molar-refractivity contribution in [2.24, 2.45) is 0 Å². The number of amides is 1. The third-order valence-corrected chi connectivity index (χ3v) is 5.62. The first-order chi connectivity index (χ1) is 13.8. The van der Waals surface area contributed by atoms with Gasteiger partial charge in [0.25, 0.3) is 5.91 Å². The minimum absolute atomic E-state index is 0.0416. The molecule has 0 radical (unpaired) electrons. The molecule has 2 N–H and O–H groups in total. The molecular weight excluding hydrogens is 453 g/mol. The first-order valence-electron chi connectivity index (χ1n) is 8.14. The van der Waals surface area contributed by atoms with Gasteiger partial charge in [0.2, 0.25) is 0 Å². The third kappa shape index (κ3) is 5.51. The number of thiazole rings is 1. The molecule has 0 aliphatic rings. The minimum atomic E-state index is -0.452. The van der Waals surface area contributed by atoms with E-state index < -0.39 is 5.91 Å². The van der Waals surface area contributed by atoms with E-state index in [1.54, 1.807) is 25.1 Å². The Morgan fingerprint density at radius 2 is 2.03 bits per heavy atom. The smallest absolute Gasteiger partial charge is 0.257 e. The molecule has 29 heavy (non-hydrogen) atoms. The molecule has 0 atom stereocenters. The van der Waals surface area contributed by atoms with Crippen LogP contribution in [-0.4, -0.2) is 21.8 Å². The van der Waals surface area contributed by atoms with Gasteiger partial charge in [-0.3, -0.25) is 14.9 Å². The molecule has 6 nitrogen and oxygen atoms in total. The molecule has 0 aliphatic carbocycles. The molecule has 2 aromatic heterocycles. The van der Waals surface area contributed by atoms with Crippen LogP contribution in [0.5, 0.6) is 0 Å². The molecule has 3 rings (SSSR count). The van der Waals surface area contributed by atoms with Gasteiger partial charge in [-0.05, 0) is 61.6 Å². The molecule has 0 saturated heterocycles. The summed E-state index contributed by atoms with van der Waals surface area (Å²) in [4.78, 5) is 29.4. The van der Waals surface area contributed by atoms with Gasteiger partial charge in [-0.25, -0.2) is 4.98 Å². The van der Waals surface area contributed by atoms with Gasteiger partial charge in [0, 0.05) is 5.56 Å². The van der Waals surface area contributed by atoms with Crippen molar-refractivity contribution in [1.82, 2.24) is 10.3 Å². The van der Waals surface area contributed by atoms with Gasteiger partial charge < -0.3 is 9.73 Å². The summed E-state index contributed by atoms with van der Waals surface area (Å²) in [5.74, 6) is -0.0905. The molecule has 0 bridgehead atoms. The Morgan fingerprint density at radius 3 is 2.72 bits per heavy atom. The van der Waals surface area contributed by atoms with Gasteiger partial charge in [-0.1, -0.05) is 34.5 Å². The van der Waals surface area contributed by atoms with Crippen molar-refractivity contribution >= 4 is 74.8 Å². The number of halogens is 2. The summed E-state index contributed by atoms with van der Waals surface area (Å²) < 4.78 is 5.16. The topological polar surface area (TPSA) is 84.2 Å². The number of aryl methyl sites for hydroxylation is 1. The standard InChI is InChI=1S/C19H13Cl2N3O3S2/c1-10-16(15(25)7-5-12-3-2-8-27-12)29-19(22-10)24-18(28)23-17(26)11-4-6-13(20)14(21)9-11/h2-9H,1H3,(H2,22,23,24,26,28)/b7-5+. The number of hydrogen-bond donors (Lipinski definition) is 2. The van der Waals surface area contributed by atoms with Gasteiger partial charge >= 0.3 is 0 Å². The molecule has 10 heteroatoms. The number of furan rings is 1. The molecule has 0 unspecified atom stereocenters. The highest BCUT2D eigenvalue weighted by atomic mass is 35.5. The third-order valence-electron chi connectivity index (χ3n) is 3.59. The van der Waals surface area contributed by atoms with Crippen LogP contribution in [0.25, 0.3) is 6.08 Å². The van der Waals surface area contributed by atoms with Gasteiger partial charge in [-0.2, -0.15) is 0 Å². The molecule has 0 fully saturated rings. The van der Waals surface area contributed by atoms with Crippen LogP contribution >= 0.6 is 46.8 Å². The number of aromatic nitrogens is 1. The fourth-order valence-electron chi connectivity index (χ4n) is 2.24. The normalized spacial score (nSPS) is 10.9. The molecule has 1 aromatic carbocycles. The first kappa shape index (κ1) is 21.2. The summed E-state index contributed by atoms with van der Waals surface area (Å²) >= 11 is 18.0. The number of hydrogen-bond acceptors (Lipinski definition) is 6. The SMILES string of the molecule is Cc1nc(NC(=S)NC(=O)c2ccc(Cl)c(Cl)c2)sc1C(=O)/C=C/c1ccco1. The van der Waals surface area contributed by atoms with Crippen molar-refractivity contribution in [1.29, 1.82) is 0 Å². The Morgan fingerprint density at radius 1 is 1.24 bits per heavy atom. The van der Waals surface area contributed by atoms with Crippen LogP contribution in [0.2, 0.25) is 10.0 Å². The Bertz CT molecular complexity index is 1110. The molecule has 0 aliphatic heterocycles. The Kier molecular flexibility index (Phi) is 6.81. The van der Waals surface area contributed by atoms with Gasteiger partial charge in [0.1, 0.15) is 5.76 Å². The zero-order valence-corrected chi connectivity index (χ0v) is 18.0. The predicted molar refractivity (Wildman–Crippen MR) is 119 cm³/mol. The van der Waals surface area contributed by atoms with E-state index in [4.69, 9.17) is 39.8 Å². The second-order valence-corrected chi connectivity index (χ2v) is 7.91. The maximum Gasteiger partial charge on any atom is 0.257 e. The number of rotatable bonds is 5. The van der Waals surface area contributed by atoms with E-state index in [0.717, 1.165) is 11.3 Å². The van der Waals surface area contributed by atoms with E-state index in [0.29, 0.717) is 32.0 Å². The van der Waals surface area contributed by atoms with Gasteiger partial charge in [0.15, 0.2) is 16.0 Å². The van der Waals surface area contributed by atoms with E-state index in [1.807, 2.05) is 0 Å². The van der Waals surface area contributed by atoms with Crippen molar-refractivity contribution in [2.75, 3.05) is 5.32 Å². The van der Waals surface area contributed by atoms with Crippen molar-refractivity contribution in [3.05, 3.63) is 74.6 Å². The summed E-state index contributed by atoms with van der Waals surface area (Å²) in [6.45, 7) is 1.72. The quantitative estimate of drug-likeness (QED) is 0.299. The van der Waals surface area contributed by atoms with Crippen LogP contribution in [0.15, 0.2) is 47.1 Å². The number of carbonyl (C=O) groups excluding carboxylic acids is 2. The van der Waals surface area contributed by atoms with Crippen LogP contribution in [0.3, 0.4) is 0 Å². The van der Waals surface area contributed by atoms with Gasteiger partial charge in [-0.15, -0.1) is 0 Å². The van der Waals surface area contributed by atoms with Crippen LogP contribution < -0.4 is 10.6 Å². The molecule has 0 saturated carbocycles. The highest BCUT2D eigenvalue weighted by Gasteiger charge is 2.15. The molecule has 0 spiro atoms.